The van der Waals surface area contributed by atoms with Crippen molar-refractivity contribution in [3.63, 3.8) is 0 Å². The smallest absolute Gasteiger partial charge is 0.254 e. The third-order valence-electron chi connectivity index (χ3n) is 4.71. The Labute approximate surface area is 145 Å². The first-order valence-corrected chi connectivity index (χ1v) is 8.43. The summed E-state index contributed by atoms with van der Waals surface area (Å²) in [6.45, 7) is 2.63. The van der Waals surface area contributed by atoms with Crippen molar-refractivity contribution in [2.24, 2.45) is 7.05 Å². The minimum absolute atomic E-state index is 0.122. The van der Waals surface area contributed by atoms with E-state index < -0.39 is 0 Å². The minimum atomic E-state index is -0.360. The molecule has 0 bridgehead atoms. The molecule has 6 heteroatoms. The number of benzene rings is 1. The molecule has 2 aromatic heterocycles. The van der Waals surface area contributed by atoms with Crippen LogP contribution in [0.15, 0.2) is 36.7 Å². The molecule has 25 heavy (non-hydrogen) atoms. The van der Waals surface area contributed by atoms with Crippen LogP contribution in [0.4, 0.5) is 5.82 Å². The van der Waals surface area contributed by atoms with Gasteiger partial charge in [-0.2, -0.15) is 0 Å². The van der Waals surface area contributed by atoms with Crippen molar-refractivity contribution in [2.45, 2.75) is 25.9 Å². The highest BCUT2D eigenvalue weighted by molar-refractivity contribution is 5.96. The van der Waals surface area contributed by atoms with Crippen LogP contribution in [0.25, 0.3) is 22.0 Å². The minimum Gasteiger partial charge on any atom is -0.368 e. The zero-order valence-electron chi connectivity index (χ0n) is 14.3. The lowest BCUT2D eigenvalue weighted by atomic mass is 10.1. The van der Waals surface area contributed by atoms with E-state index in [0.29, 0.717) is 12.4 Å². The quantitative estimate of drug-likeness (QED) is 0.798. The highest BCUT2D eigenvalue weighted by atomic mass is 16.5. The second-order valence-electron chi connectivity index (χ2n) is 6.37. The number of nitrogens with one attached hydrogen (secondary N) is 1. The second kappa shape index (κ2) is 6.29. The van der Waals surface area contributed by atoms with Crippen LogP contribution in [0.1, 0.15) is 18.7 Å². The zero-order valence-corrected chi connectivity index (χ0v) is 14.3. The molecule has 0 radical (unpaired) electrons. The predicted molar refractivity (Wildman–Crippen MR) is 96.3 cm³/mol. The van der Waals surface area contributed by atoms with Gasteiger partial charge in [-0.15, -0.1) is 0 Å². The molecule has 1 atom stereocenters. The molecule has 1 unspecified atom stereocenters. The Hall–Kier alpha value is -2.73. The molecule has 3 aromatic rings. The molecular formula is C19H20N4O2. The number of carbonyl (C=O) groups excluding carboxylic acids is 1. The van der Waals surface area contributed by atoms with E-state index in [1.54, 1.807) is 6.20 Å². The number of amides is 1. The summed E-state index contributed by atoms with van der Waals surface area (Å²) in [6.07, 6.45) is 4.98. The van der Waals surface area contributed by atoms with Crippen molar-refractivity contribution in [1.82, 2.24) is 14.5 Å². The third-order valence-corrected chi connectivity index (χ3v) is 4.71. The summed E-state index contributed by atoms with van der Waals surface area (Å²) in [5.41, 5.74) is 2.14. The van der Waals surface area contributed by atoms with Crippen LogP contribution in [0.3, 0.4) is 0 Å². The molecule has 6 nitrogen and oxygen atoms in total. The van der Waals surface area contributed by atoms with E-state index in [9.17, 15) is 4.79 Å². The van der Waals surface area contributed by atoms with Crippen LogP contribution in [0, 0.1) is 6.92 Å². The van der Waals surface area contributed by atoms with E-state index >= 15 is 0 Å². The predicted octanol–water partition coefficient (Wildman–Crippen LogP) is 3.06. The summed E-state index contributed by atoms with van der Waals surface area (Å²) in [5, 5.41) is 4.91. The van der Waals surface area contributed by atoms with E-state index in [1.807, 2.05) is 32.3 Å². The Balaban J connectivity index is 1.64. The lowest BCUT2D eigenvalue weighted by Crippen LogP contribution is -2.27. The van der Waals surface area contributed by atoms with Gasteiger partial charge >= 0.3 is 0 Å². The fraction of sp³-hybridized carbons (Fsp3) is 0.316. The number of anilines is 1. The van der Waals surface area contributed by atoms with E-state index in [-0.39, 0.29) is 12.0 Å². The van der Waals surface area contributed by atoms with Gasteiger partial charge in [0.05, 0.1) is 11.9 Å². The fourth-order valence-electron chi connectivity index (χ4n) is 3.13. The van der Waals surface area contributed by atoms with Gasteiger partial charge in [-0.1, -0.05) is 12.1 Å². The Kier molecular flexibility index (Phi) is 3.97. The van der Waals surface area contributed by atoms with Crippen molar-refractivity contribution < 1.29 is 9.53 Å². The summed E-state index contributed by atoms with van der Waals surface area (Å²) in [5.74, 6) is 1.39. The van der Waals surface area contributed by atoms with Gasteiger partial charge in [0, 0.05) is 30.8 Å². The lowest BCUT2D eigenvalue weighted by Gasteiger charge is -2.11. The summed E-state index contributed by atoms with van der Waals surface area (Å²) >= 11 is 0. The molecule has 1 saturated heterocycles. The van der Waals surface area contributed by atoms with E-state index in [2.05, 4.69) is 32.0 Å². The first kappa shape index (κ1) is 15.8. The summed E-state index contributed by atoms with van der Waals surface area (Å²) in [6, 6.07) is 8.08. The lowest BCUT2D eigenvalue weighted by molar-refractivity contribution is -0.124. The van der Waals surface area contributed by atoms with Crippen LogP contribution in [0.5, 0.6) is 0 Å². The molecule has 1 fully saturated rings. The van der Waals surface area contributed by atoms with Crippen molar-refractivity contribution in [1.29, 1.82) is 0 Å². The topological polar surface area (TPSA) is 69.0 Å². The largest absolute Gasteiger partial charge is 0.368 e. The first-order valence-electron chi connectivity index (χ1n) is 8.43. The number of hydrogen-bond donors (Lipinski definition) is 1. The number of carbonyl (C=O) groups is 1. The average Bonchev–Trinajstić information content (AvgIpc) is 3.26. The highest BCUT2D eigenvalue weighted by Crippen LogP contribution is 2.26. The molecular weight excluding hydrogens is 316 g/mol. The Morgan fingerprint density at radius 3 is 2.84 bits per heavy atom. The van der Waals surface area contributed by atoms with Crippen LogP contribution < -0.4 is 5.32 Å². The Morgan fingerprint density at radius 1 is 1.24 bits per heavy atom. The molecule has 0 aliphatic carbocycles. The van der Waals surface area contributed by atoms with Gasteiger partial charge in [0.2, 0.25) is 0 Å². The SMILES string of the molecule is Cc1ncc(-c2ccc3cnc(NC(=O)C4CCCO4)cc3c2)n1C. The number of rotatable bonds is 3. The van der Waals surface area contributed by atoms with Gasteiger partial charge in [0.25, 0.3) is 5.91 Å². The Bertz CT molecular complexity index is 942. The van der Waals surface area contributed by atoms with Crippen LogP contribution in [-0.4, -0.2) is 33.2 Å². The van der Waals surface area contributed by atoms with Crippen molar-refractivity contribution in [2.75, 3.05) is 11.9 Å². The summed E-state index contributed by atoms with van der Waals surface area (Å²) < 4.78 is 7.48. The Morgan fingerprint density at radius 2 is 2.12 bits per heavy atom. The van der Waals surface area contributed by atoms with Crippen molar-refractivity contribution >= 4 is 22.5 Å². The number of aromatic nitrogens is 3. The van der Waals surface area contributed by atoms with E-state index in [0.717, 1.165) is 40.7 Å². The van der Waals surface area contributed by atoms with E-state index in [1.165, 1.54) is 0 Å². The first-order chi connectivity index (χ1) is 12.1. The maximum absolute atomic E-state index is 12.2. The number of nitrogens with zero attached hydrogens (tertiary/aromatic N) is 3. The number of pyridine rings is 1. The number of imidazole rings is 1. The summed E-state index contributed by atoms with van der Waals surface area (Å²) in [4.78, 5) is 20.9. The van der Waals surface area contributed by atoms with Gasteiger partial charge in [-0.3, -0.25) is 4.79 Å². The van der Waals surface area contributed by atoms with Crippen LogP contribution in [0.2, 0.25) is 0 Å². The normalized spacial score (nSPS) is 17.1. The maximum Gasteiger partial charge on any atom is 0.254 e. The molecule has 3 heterocycles. The molecule has 1 aliphatic rings. The van der Waals surface area contributed by atoms with Gasteiger partial charge < -0.3 is 14.6 Å². The van der Waals surface area contributed by atoms with Crippen molar-refractivity contribution in [3.8, 4) is 11.3 Å². The van der Waals surface area contributed by atoms with Crippen LogP contribution >= 0.6 is 0 Å². The van der Waals surface area contributed by atoms with Gasteiger partial charge in [0.1, 0.15) is 17.7 Å². The van der Waals surface area contributed by atoms with Crippen molar-refractivity contribution in [3.05, 3.63) is 42.5 Å². The number of fused-ring (bicyclic) bond motifs is 1. The molecule has 1 aliphatic heterocycles. The fourth-order valence-corrected chi connectivity index (χ4v) is 3.13. The van der Waals surface area contributed by atoms with Gasteiger partial charge in [0.15, 0.2) is 0 Å². The number of hydrogen-bond acceptors (Lipinski definition) is 4. The average molecular weight is 336 g/mol. The number of aryl methyl sites for hydroxylation is 1. The monoisotopic (exact) mass is 336 g/mol. The molecule has 1 N–H and O–H groups in total. The molecule has 4 rings (SSSR count). The van der Waals surface area contributed by atoms with Gasteiger partial charge in [-0.25, -0.2) is 9.97 Å². The highest BCUT2D eigenvalue weighted by Gasteiger charge is 2.23. The zero-order chi connectivity index (χ0) is 17.4. The second-order valence-corrected chi connectivity index (χ2v) is 6.37. The number of ether oxygens (including phenoxy) is 1. The molecule has 0 spiro atoms. The maximum atomic E-state index is 12.2. The molecule has 128 valence electrons. The standard InChI is InChI=1S/C19H20N4O2/c1-12-20-11-16(23(12)2)13-5-6-14-10-21-18(9-15(14)8-13)22-19(24)17-4-3-7-25-17/h5-6,8-11,17H,3-4,7H2,1-2H3,(H,21,22,24). The van der Waals surface area contributed by atoms with Gasteiger partial charge in [-0.05, 0) is 37.3 Å². The molecule has 1 aromatic carbocycles. The molecule has 1 amide bonds. The third kappa shape index (κ3) is 3.00. The summed E-state index contributed by atoms with van der Waals surface area (Å²) in [7, 11) is 2.00. The van der Waals surface area contributed by atoms with E-state index in [4.69, 9.17) is 4.74 Å². The van der Waals surface area contributed by atoms with Crippen LogP contribution in [-0.2, 0) is 16.6 Å². The molecule has 0 saturated carbocycles.